The van der Waals surface area contributed by atoms with Crippen LogP contribution >= 0.6 is 23.1 Å². The lowest BCUT2D eigenvalue weighted by molar-refractivity contribution is 0.0746. The number of fused-ring (bicyclic) bond motifs is 2. The van der Waals surface area contributed by atoms with Crippen molar-refractivity contribution in [3.8, 4) is 0 Å². The van der Waals surface area contributed by atoms with Crippen LogP contribution in [0.15, 0.2) is 71.5 Å². The Morgan fingerprint density at radius 1 is 1.00 bits per heavy atom. The number of thioether (sulfide) groups is 1. The fourth-order valence-corrected chi connectivity index (χ4v) is 5.94. The second-order valence-electron chi connectivity index (χ2n) is 8.12. The average Bonchev–Trinajstić information content (AvgIpc) is 3.54. The molecule has 0 radical (unpaired) electrons. The second kappa shape index (κ2) is 9.08. The maximum Gasteiger partial charge on any atom is 0.254 e. The normalized spacial score (nSPS) is 14.2. The number of anilines is 1. The number of hydrogen-bond acceptors (Lipinski definition) is 7. The minimum absolute atomic E-state index is 0.0869. The van der Waals surface area contributed by atoms with Crippen molar-refractivity contribution in [2.75, 3.05) is 31.1 Å². The first-order chi connectivity index (χ1) is 16.8. The van der Waals surface area contributed by atoms with E-state index in [0.29, 0.717) is 18.8 Å². The molecule has 0 atom stereocenters. The molecule has 7 nitrogen and oxygen atoms in total. The van der Waals surface area contributed by atoms with Gasteiger partial charge in [0, 0.05) is 37.5 Å². The minimum Gasteiger partial charge on any atom is -0.352 e. The molecule has 1 fully saturated rings. The lowest BCUT2D eigenvalue weighted by atomic mass is 10.1. The molecule has 1 aliphatic rings. The Balaban J connectivity index is 1.14. The average molecular weight is 487 g/mol. The van der Waals surface area contributed by atoms with E-state index in [-0.39, 0.29) is 5.91 Å². The first kappa shape index (κ1) is 21.1. The number of carbonyl (C=O) groups excluding carboxylic acids is 1. The number of carbonyl (C=O) groups is 1. The molecule has 4 heterocycles. The number of piperazine rings is 1. The zero-order valence-electron chi connectivity index (χ0n) is 18.3. The van der Waals surface area contributed by atoms with Gasteiger partial charge in [-0.3, -0.25) is 4.79 Å². The van der Waals surface area contributed by atoms with E-state index in [1.165, 1.54) is 0 Å². The summed E-state index contributed by atoms with van der Waals surface area (Å²) in [5.74, 6) is 1.73. The van der Waals surface area contributed by atoms with E-state index in [4.69, 9.17) is 0 Å². The largest absolute Gasteiger partial charge is 0.352 e. The van der Waals surface area contributed by atoms with E-state index in [0.717, 1.165) is 56.4 Å². The van der Waals surface area contributed by atoms with Gasteiger partial charge in [-0.05, 0) is 35.2 Å². The first-order valence-electron chi connectivity index (χ1n) is 11.1. The highest BCUT2D eigenvalue weighted by Crippen LogP contribution is 2.28. The molecule has 1 N–H and O–H groups in total. The van der Waals surface area contributed by atoms with Gasteiger partial charge in [0.15, 0.2) is 5.16 Å². The van der Waals surface area contributed by atoms with E-state index in [2.05, 4.69) is 30.9 Å². The van der Waals surface area contributed by atoms with Gasteiger partial charge < -0.3 is 14.8 Å². The van der Waals surface area contributed by atoms with Crippen LogP contribution in [0.25, 0.3) is 21.3 Å². The zero-order chi connectivity index (χ0) is 22.9. The number of aromatic nitrogens is 4. The van der Waals surface area contributed by atoms with Crippen LogP contribution in [0.3, 0.4) is 0 Å². The molecule has 1 aliphatic heterocycles. The lowest BCUT2D eigenvalue weighted by Crippen LogP contribution is -2.49. The van der Waals surface area contributed by atoms with Crippen molar-refractivity contribution in [3.05, 3.63) is 77.4 Å². The van der Waals surface area contributed by atoms with Crippen LogP contribution in [0.5, 0.6) is 0 Å². The first-order valence-corrected chi connectivity index (χ1v) is 13.0. The van der Waals surface area contributed by atoms with Gasteiger partial charge in [-0.2, -0.15) is 0 Å². The smallest absolute Gasteiger partial charge is 0.254 e. The third-order valence-electron chi connectivity index (χ3n) is 6.09. The maximum atomic E-state index is 13.4. The number of aromatic amines is 1. The molecule has 3 aromatic heterocycles. The third kappa shape index (κ3) is 4.01. The van der Waals surface area contributed by atoms with E-state index < -0.39 is 0 Å². The van der Waals surface area contributed by atoms with Crippen LogP contribution < -0.4 is 4.90 Å². The molecule has 0 unspecified atom stereocenters. The molecule has 0 bridgehead atoms. The predicted octanol–water partition coefficient (Wildman–Crippen LogP) is 4.82. The molecule has 6 rings (SSSR count). The van der Waals surface area contributed by atoms with Gasteiger partial charge in [-0.25, -0.2) is 15.0 Å². The predicted molar refractivity (Wildman–Crippen MR) is 138 cm³/mol. The fourth-order valence-electron chi connectivity index (χ4n) is 4.32. The Morgan fingerprint density at radius 2 is 1.82 bits per heavy atom. The molecule has 1 saturated heterocycles. The summed E-state index contributed by atoms with van der Waals surface area (Å²) >= 11 is 3.24. The van der Waals surface area contributed by atoms with E-state index in [1.54, 1.807) is 29.4 Å². The molecule has 1 amide bonds. The summed E-state index contributed by atoms with van der Waals surface area (Å²) in [7, 11) is 0. The minimum atomic E-state index is 0.0869. The van der Waals surface area contributed by atoms with Gasteiger partial charge >= 0.3 is 0 Å². The highest BCUT2D eigenvalue weighted by Gasteiger charge is 2.25. The highest BCUT2D eigenvalue weighted by atomic mass is 32.2. The molecule has 0 spiro atoms. The van der Waals surface area contributed by atoms with Gasteiger partial charge in [0.25, 0.3) is 5.91 Å². The number of imidazole rings is 1. The van der Waals surface area contributed by atoms with Gasteiger partial charge in [0.2, 0.25) is 0 Å². The Hall–Kier alpha value is -3.43. The molecule has 5 aromatic rings. The monoisotopic (exact) mass is 486 g/mol. The molecule has 9 heteroatoms. The zero-order valence-corrected chi connectivity index (χ0v) is 20.0. The van der Waals surface area contributed by atoms with Crippen LogP contribution in [0.1, 0.15) is 15.9 Å². The van der Waals surface area contributed by atoms with Crippen LogP contribution in [0.4, 0.5) is 5.82 Å². The van der Waals surface area contributed by atoms with Gasteiger partial charge in [0.05, 0.1) is 16.4 Å². The number of amides is 1. The van der Waals surface area contributed by atoms with Crippen molar-refractivity contribution in [3.63, 3.8) is 0 Å². The lowest BCUT2D eigenvalue weighted by Gasteiger charge is -2.36. The highest BCUT2D eigenvalue weighted by molar-refractivity contribution is 7.98. The summed E-state index contributed by atoms with van der Waals surface area (Å²) in [5.41, 5.74) is 3.77. The molecule has 0 aliphatic carbocycles. The van der Waals surface area contributed by atoms with Crippen LogP contribution in [-0.2, 0) is 5.75 Å². The summed E-state index contributed by atoms with van der Waals surface area (Å²) in [6.45, 7) is 2.84. The standard InChI is InChI=1S/C25H22N6OS2/c32-24(31-12-10-30(11-13-31)22-19-9-14-33-23(19)27-16-26-22)18-6-2-1-5-17(18)15-34-25-28-20-7-3-4-8-21(20)29-25/h1-9,14,16H,10-13,15H2,(H,28,29). The fraction of sp³-hybridized carbons (Fsp3) is 0.200. The number of nitrogens with zero attached hydrogens (tertiary/aromatic N) is 5. The summed E-state index contributed by atoms with van der Waals surface area (Å²) in [6, 6.07) is 18.0. The van der Waals surface area contributed by atoms with Crippen molar-refractivity contribution in [1.29, 1.82) is 0 Å². The number of nitrogens with one attached hydrogen (secondary N) is 1. The summed E-state index contributed by atoms with van der Waals surface area (Å²) in [4.78, 5) is 35.5. The number of H-pyrrole nitrogens is 1. The van der Waals surface area contributed by atoms with Gasteiger partial charge in [-0.1, -0.05) is 42.1 Å². The Bertz CT molecular complexity index is 1440. The number of rotatable bonds is 5. The molecule has 0 saturated carbocycles. The van der Waals surface area contributed by atoms with Gasteiger partial charge in [0.1, 0.15) is 17.0 Å². The number of para-hydroxylation sites is 2. The molecule has 170 valence electrons. The maximum absolute atomic E-state index is 13.4. The summed E-state index contributed by atoms with van der Waals surface area (Å²) in [6.07, 6.45) is 1.63. The van der Waals surface area contributed by atoms with E-state index in [1.807, 2.05) is 58.8 Å². The van der Waals surface area contributed by atoms with Crippen molar-refractivity contribution in [2.24, 2.45) is 0 Å². The van der Waals surface area contributed by atoms with Crippen LogP contribution in [-0.4, -0.2) is 56.9 Å². The number of benzene rings is 2. The van der Waals surface area contributed by atoms with Crippen molar-refractivity contribution in [2.45, 2.75) is 10.9 Å². The van der Waals surface area contributed by atoms with Crippen LogP contribution in [0, 0.1) is 0 Å². The Labute approximate surface area is 204 Å². The molecular weight excluding hydrogens is 464 g/mol. The van der Waals surface area contributed by atoms with E-state index >= 15 is 0 Å². The van der Waals surface area contributed by atoms with E-state index in [9.17, 15) is 4.79 Å². The quantitative estimate of drug-likeness (QED) is 0.359. The Kier molecular flexibility index (Phi) is 5.64. The third-order valence-corrected chi connectivity index (χ3v) is 7.83. The second-order valence-corrected chi connectivity index (χ2v) is 9.98. The number of hydrogen-bond donors (Lipinski definition) is 1. The van der Waals surface area contributed by atoms with Crippen molar-refractivity contribution in [1.82, 2.24) is 24.8 Å². The topological polar surface area (TPSA) is 78.0 Å². The molecule has 34 heavy (non-hydrogen) atoms. The SMILES string of the molecule is O=C(c1ccccc1CSc1nc2ccccc2[nH]1)N1CCN(c2ncnc3sccc23)CC1. The summed E-state index contributed by atoms with van der Waals surface area (Å²) in [5, 5.41) is 3.99. The number of thiophene rings is 1. The van der Waals surface area contributed by atoms with Gasteiger partial charge in [-0.15, -0.1) is 11.3 Å². The summed E-state index contributed by atoms with van der Waals surface area (Å²) < 4.78 is 0. The molecule has 2 aromatic carbocycles. The Morgan fingerprint density at radius 3 is 2.71 bits per heavy atom. The van der Waals surface area contributed by atoms with Crippen molar-refractivity contribution >= 4 is 56.1 Å². The molecular formula is C25H22N6OS2. The van der Waals surface area contributed by atoms with Crippen LogP contribution in [0.2, 0.25) is 0 Å². The van der Waals surface area contributed by atoms with Crippen molar-refractivity contribution < 1.29 is 4.79 Å².